The van der Waals surface area contributed by atoms with Crippen LogP contribution in [-0.4, -0.2) is 26.0 Å². The molecule has 18 heavy (non-hydrogen) atoms. The Hall–Kier alpha value is -2.50. The number of ether oxygens (including phenoxy) is 1. The number of carbonyl (C=O) groups is 1. The first-order chi connectivity index (χ1) is 8.58. The van der Waals surface area contributed by atoms with E-state index in [1.54, 1.807) is 19.2 Å². The molecule has 0 fully saturated rings. The predicted octanol–water partition coefficient (Wildman–Crippen LogP) is 1.40. The van der Waals surface area contributed by atoms with E-state index in [1.165, 1.54) is 23.0 Å². The van der Waals surface area contributed by atoms with Crippen molar-refractivity contribution >= 4 is 5.97 Å². The molecule has 2 rings (SSSR count). The molecule has 94 valence electrons. The van der Waals surface area contributed by atoms with E-state index >= 15 is 0 Å². The van der Waals surface area contributed by atoms with Crippen molar-refractivity contribution < 1.29 is 19.7 Å². The first kappa shape index (κ1) is 12.0. The lowest BCUT2D eigenvalue weighted by atomic mass is 10.2. The van der Waals surface area contributed by atoms with Gasteiger partial charge in [-0.3, -0.25) is 4.68 Å². The number of aryl methyl sites for hydroxylation is 1. The van der Waals surface area contributed by atoms with Gasteiger partial charge in [-0.1, -0.05) is 0 Å². The Morgan fingerprint density at radius 2 is 2.06 bits per heavy atom. The molecule has 2 aromatic rings. The Balaban J connectivity index is 2.11. The lowest BCUT2D eigenvalue weighted by Crippen LogP contribution is -2.09. The Labute approximate surface area is 103 Å². The van der Waals surface area contributed by atoms with Crippen molar-refractivity contribution in [2.45, 2.75) is 6.61 Å². The molecule has 0 aliphatic heterocycles. The summed E-state index contributed by atoms with van der Waals surface area (Å²) in [6.07, 6.45) is 1.46. The summed E-state index contributed by atoms with van der Waals surface area (Å²) in [5.74, 6) is -0.345. The lowest BCUT2D eigenvalue weighted by molar-refractivity contribution is 0.0682. The summed E-state index contributed by atoms with van der Waals surface area (Å²) in [6, 6.07) is 6.20. The van der Waals surface area contributed by atoms with Gasteiger partial charge in [0.05, 0.1) is 6.20 Å². The number of phenols is 1. The number of phenolic OH excluding ortho intramolecular Hbond substituents is 1. The molecule has 0 spiro atoms. The normalized spacial score (nSPS) is 10.3. The molecular weight excluding hydrogens is 236 g/mol. The van der Waals surface area contributed by atoms with Gasteiger partial charge in [0.1, 0.15) is 18.1 Å². The summed E-state index contributed by atoms with van der Waals surface area (Å²) in [4.78, 5) is 11.0. The van der Waals surface area contributed by atoms with Crippen molar-refractivity contribution in [3.05, 3.63) is 41.7 Å². The van der Waals surface area contributed by atoms with Gasteiger partial charge >= 0.3 is 5.97 Å². The second kappa shape index (κ2) is 4.79. The third-order valence-electron chi connectivity index (χ3n) is 2.45. The molecule has 2 N–H and O–H groups in total. The lowest BCUT2D eigenvalue weighted by Gasteiger charge is -2.05. The van der Waals surface area contributed by atoms with Crippen LogP contribution in [-0.2, 0) is 13.7 Å². The highest BCUT2D eigenvalue weighted by molar-refractivity contribution is 5.87. The number of hydrogen-bond acceptors (Lipinski definition) is 4. The van der Waals surface area contributed by atoms with E-state index in [2.05, 4.69) is 5.10 Å². The SMILES string of the molecule is Cn1ncc(COc2ccc(O)cc2)c1C(=O)O. The summed E-state index contributed by atoms with van der Waals surface area (Å²) in [6.45, 7) is 0.111. The van der Waals surface area contributed by atoms with Gasteiger partial charge in [-0.25, -0.2) is 4.79 Å². The van der Waals surface area contributed by atoms with Crippen LogP contribution in [0, 0.1) is 0 Å². The first-order valence-corrected chi connectivity index (χ1v) is 5.24. The number of benzene rings is 1. The molecule has 0 saturated carbocycles. The summed E-state index contributed by atoms with van der Waals surface area (Å²) in [5, 5.41) is 22.0. The summed E-state index contributed by atoms with van der Waals surface area (Å²) in [7, 11) is 1.56. The van der Waals surface area contributed by atoms with E-state index in [-0.39, 0.29) is 18.1 Å². The smallest absolute Gasteiger partial charge is 0.354 e. The molecule has 0 unspecified atom stereocenters. The molecule has 0 saturated heterocycles. The van der Waals surface area contributed by atoms with Gasteiger partial charge in [-0.2, -0.15) is 5.10 Å². The third-order valence-corrected chi connectivity index (χ3v) is 2.45. The maximum atomic E-state index is 11.0. The molecule has 0 atom stereocenters. The highest BCUT2D eigenvalue weighted by Crippen LogP contribution is 2.18. The second-order valence-electron chi connectivity index (χ2n) is 3.73. The largest absolute Gasteiger partial charge is 0.508 e. The van der Waals surface area contributed by atoms with Crippen LogP contribution in [0.3, 0.4) is 0 Å². The Morgan fingerprint density at radius 1 is 1.39 bits per heavy atom. The zero-order valence-corrected chi connectivity index (χ0v) is 9.70. The number of carboxylic acids is 1. The quantitative estimate of drug-likeness (QED) is 0.854. The summed E-state index contributed by atoms with van der Waals surface area (Å²) in [5.41, 5.74) is 0.604. The Bertz CT molecular complexity index is 560. The number of aromatic carboxylic acids is 1. The van der Waals surface area contributed by atoms with Crippen LogP contribution in [0.2, 0.25) is 0 Å². The maximum Gasteiger partial charge on any atom is 0.354 e. The average molecular weight is 248 g/mol. The molecule has 1 aromatic carbocycles. The Kier molecular flexibility index (Phi) is 3.18. The van der Waals surface area contributed by atoms with Crippen LogP contribution in [0.1, 0.15) is 16.1 Å². The minimum absolute atomic E-state index is 0.105. The number of aromatic hydroxyl groups is 1. The van der Waals surface area contributed by atoms with Gasteiger partial charge in [0.2, 0.25) is 0 Å². The number of aromatic nitrogens is 2. The van der Waals surface area contributed by atoms with Crippen molar-refractivity contribution in [2.24, 2.45) is 7.05 Å². The minimum atomic E-state index is -1.04. The van der Waals surface area contributed by atoms with Crippen molar-refractivity contribution in [2.75, 3.05) is 0 Å². The van der Waals surface area contributed by atoms with Gasteiger partial charge in [0.25, 0.3) is 0 Å². The zero-order valence-electron chi connectivity index (χ0n) is 9.70. The van der Waals surface area contributed by atoms with Gasteiger partial charge in [0.15, 0.2) is 5.69 Å². The predicted molar refractivity (Wildman–Crippen MR) is 62.6 cm³/mol. The second-order valence-corrected chi connectivity index (χ2v) is 3.73. The molecule has 0 amide bonds. The van der Waals surface area contributed by atoms with Crippen molar-refractivity contribution in [3.63, 3.8) is 0 Å². The topological polar surface area (TPSA) is 84.6 Å². The van der Waals surface area contributed by atoms with E-state index in [1.807, 2.05) is 0 Å². The molecule has 0 bridgehead atoms. The molecular formula is C12H12N2O4. The maximum absolute atomic E-state index is 11.0. The third kappa shape index (κ3) is 2.42. The number of carboxylic acid groups (broad SMARTS) is 1. The summed E-state index contributed by atoms with van der Waals surface area (Å²) >= 11 is 0. The highest BCUT2D eigenvalue weighted by atomic mass is 16.5. The van der Waals surface area contributed by atoms with Crippen molar-refractivity contribution in [3.8, 4) is 11.5 Å². The van der Waals surface area contributed by atoms with Gasteiger partial charge in [0, 0.05) is 12.6 Å². The van der Waals surface area contributed by atoms with Crippen LogP contribution in [0.25, 0.3) is 0 Å². The van der Waals surface area contributed by atoms with Crippen LogP contribution >= 0.6 is 0 Å². The zero-order chi connectivity index (χ0) is 13.1. The van der Waals surface area contributed by atoms with E-state index < -0.39 is 5.97 Å². The minimum Gasteiger partial charge on any atom is -0.508 e. The standard InChI is InChI=1S/C12H12N2O4/c1-14-11(12(16)17)8(6-13-14)7-18-10-4-2-9(15)3-5-10/h2-6,15H,7H2,1H3,(H,16,17). The van der Waals surface area contributed by atoms with Crippen molar-refractivity contribution in [1.29, 1.82) is 0 Å². The van der Waals surface area contributed by atoms with E-state index in [0.29, 0.717) is 11.3 Å². The number of rotatable bonds is 4. The van der Waals surface area contributed by atoms with Crippen molar-refractivity contribution in [1.82, 2.24) is 9.78 Å². The molecule has 0 radical (unpaired) electrons. The fourth-order valence-corrected chi connectivity index (χ4v) is 1.57. The first-order valence-electron chi connectivity index (χ1n) is 5.24. The molecule has 6 heteroatoms. The van der Waals surface area contributed by atoms with E-state index in [0.717, 1.165) is 0 Å². The van der Waals surface area contributed by atoms with Crippen LogP contribution in [0.4, 0.5) is 0 Å². The number of nitrogens with zero attached hydrogens (tertiary/aromatic N) is 2. The van der Waals surface area contributed by atoms with E-state index in [4.69, 9.17) is 14.9 Å². The van der Waals surface area contributed by atoms with E-state index in [9.17, 15) is 4.79 Å². The molecule has 1 aromatic heterocycles. The van der Waals surface area contributed by atoms with Crippen LogP contribution < -0.4 is 4.74 Å². The number of hydrogen-bond donors (Lipinski definition) is 2. The fourth-order valence-electron chi connectivity index (χ4n) is 1.57. The molecule has 0 aliphatic rings. The highest BCUT2D eigenvalue weighted by Gasteiger charge is 2.15. The van der Waals surface area contributed by atoms with Crippen LogP contribution in [0.15, 0.2) is 30.5 Å². The van der Waals surface area contributed by atoms with Crippen LogP contribution in [0.5, 0.6) is 11.5 Å². The molecule has 0 aliphatic carbocycles. The average Bonchev–Trinajstić information content (AvgIpc) is 2.70. The summed E-state index contributed by atoms with van der Waals surface area (Å²) < 4.78 is 6.71. The molecule has 1 heterocycles. The monoisotopic (exact) mass is 248 g/mol. The Morgan fingerprint density at radius 3 is 2.67 bits per heavy atom. The van der Waals surface area contributed by atoms with Gasteiger partial charge in [-0.15, -0.1) is 0 Å². The fraction of sp³-hybridized carbons (Fsp3) is 0.167. The molecule has 6 nitrogen and oxygen atoms in total. The van der Waals surface area contributed by atoms with Gasteiger partial charge < -0.3 is 14.9 Å². The van der Waals surface area contributed by atoms with Gasteiger partial charge in [-0.05, 0) is 24.3 Å².